The van der Waals surface area contributed by atoms with Gasteiger partial charge in [0.15, 0.2) is 5.13 Å². The smallest absolute Gasteiger partial charge is 0.303 e. The van der Waals surface area contributed by atoms with E-state index in [1.165, 1.54) is 11.3 Å². The molecule has 0 saturated heterocycles. The van der Waals surface area contributed by atoms with Gasteiger partial charge in [0.1, 0.15) is 0 Å². The van der Waals surface area contributed by atoms with Crippen molar-refractivity contribution in [1.29, 1.82) is 0 Å². The van der Waals surface area contributed by atoms with E-state index in [1.807, 2.05) is 19.2 Å². The lowest BCUT2D eigenvalue weighted by molar-refractivity contribution is -0.136. The lowest BCUT2D eigenvalue weighted by Gasteiger charge is -2.11. The van der Waals surface area contributed by atoms with Gasteiger partial charge in [0.25, 0.3) is 0 Å². The number of anilines is 1. The molecule has 1 aromatic rings. The number of carboxylic acid groups (broad SMARTS) is 1. The molecule has 2 N–H and O–H groups in total. The fraction of sp³-hybridized carbons (Fsp3) is 0.636. The van der Waals surface area contributed by atoms with Crippen molar-refractivity contribution in [2.24, 2.45) is 0 Å². The van der Waals surface area contributed by atoms with E-state index in [9.17, 15) is 4.79 Å². The van der Waals surface area contributed by atoms with Crippen LogP contribution in [0.15, 0.2) is 5.38 Å². The number of nitrogens with zero attached hydrogens (tertiary/aromatic N) is 1. The SMILES string of the molecule is CCOC(C)CNc1nc(CCC(=O)O)cs1. The highest BCUT2D eigenvalue weighted by Gasteiger charge is 2.06. The number of hydrogen-bond acceptors (Lipinski definition) is 5. The molecule has 0 aliphatic carbocycles. The van der Waals surface area contributed by atoms with Crippen molar-refractivity contribution in [3.63, 3.8) is 0 Å². The van der Waals surface area contributed by atoms with Crippen molar-refractivity contribution >= 4 is 22.4 Å². The average molecular weight is 258 g/mol. The normalized spacial score (nSPS) is 12.4. The van der Waals surface area contributed by atoms with Crippen molar-refractivity contribution in [2.75, 3.05) is 18.5 Å². The van der Waals surface area contributed by atoms with Crippen LogP contribution in [0.3, 0.4) is 0 Å². The Balaban J connectivity index is 2.32. The molecule has 0 fully saturated rings. The van der Waals surface area contributed by atoms with Gasteiger partial charge in [0, 0.05) is 25.0 Å². The maximum absolute atomic E-state index is 10.4. The zero-order valence-corrected chi connectivity index (χ0v) is 10.9. The number of hydrogen-bond donors (Lipinski definition) is 2. The van der Waals surface area contributed by atoms with E-state index in [-0.39, 0.29) is 12.5 Å². The average Bonchev–Trinajstić information content (AvgIpc) is 2.72. The van der Waals surface area contributed by atoms with Gasteiger partial charge < -0.3 is 15.2 Å². The van der Waals surface area contributed by atoms with Crippen LogP contribution in [-0.4, -0.2) is 35.3 Å². The number of carboxylic acids is 1. The maximum atomic E-state index is 10.4. The molecule has 0 aliphatic heterocycles. The summed E-state index contributed by atoms with van der Waals surface area (Å²) in [4.78, 5) is 14.7. The molecule has 1 rings (SSSR count). The third-order valence-electron chi connectivity index (χ3n) is 2.14. The van der Waals surface area contributed by atoms with Crippen molar-refractivity contribution in [1.82, 2.24) is 4.98 Å². The molecule has 1 unspecified atom stereocenters. The quantitative estimate of drug-likeness (QED) is 0.746. The van der Waals surface area contributed by atoms with Crippen LogP contribution >= 0.6 is 11.3 Å². The Kier molecular flexibility index (Phi) is 5.93. The molecule has 0 spiro atoms. The Labute approximate surface area is 105 Å². The lowest BCUT2D eigenvalue weighted by atomic mass is 10.2. The van der Waals surface area contributed by atoms with Crippen LogP contribution < -0.4 is 5.32 Å². The Bertz CT molecular complexity index is 354. The van der Waals surface area contributed by atoms with E-state index in [2.05, 4.69) is 10.3 Å². The van der Waals surface area contributed by atoms with E-state index in [4.69, 9.17) is 9.84 Å². The minimum Gasteiger partial charge on any atom is -0.481 e. The van der Waals surface area contributed by atoms with Gasteiger partial charge in [-0.15, -0.1) is 11.3 Å². The van der Waals surface area contributed by atoms with Crippen LogP contribution in [0, 0.1) is 0 Å². The molecule has 1 heterocycles. The summed E-state index contributed by atoms with van der Waals surface area (Å²) in [7, 11) is 0. The van der Waals surface area contributed by atoms with Gasteiger partial charge in [-0.25, -0.2) is 4.98 Å². The molecule has 96 valence electrons. The summed E-state index contributed by atoms with van der Waals surface area (Å²) in [5.41, 5.74) is 0.823. The number of aliphatic carboxylic acids is 1. The second-order valence-electron chi connectivity index (χ2n) is 3.68. The molecule has 1 aromatic heterocycles. The van der Waals surface area contributed by atoms with Crippen LogP contribution in [0.5, 0.6) is 0 Å². The van der Waals surface area contributed by atoms with E-state index in [1.54, 1.807) is 0 Å². The zero-order valence-electron chi connectivity index (χ0n) is 10.1. The predicted molar refractivity (Wildman–Crippen MR) is 67.6 cm³/mol. The standard InChI is InChI=1S/C11H18N2O3S/c1-3-16-8(2)6-12-11-13-9(7-17-11)4-5-10(14)15/h7-8H,3-6H2,1-2H3,(H,12,13)(H,14,15). The van der Waals surface area contributed by atoms with Crippen molar-refractivity contribution in [3.05, 3.63) is 11.1 Å². The number of ether oxygens (including phenoxy) is 1. The zero-order chi connectivity index (χ0) is 12.7. The number of nitrogens with one attached hydrogen (secondary N) is 1. The fourth-order valence-electron chi connectivity index (χ4n) is 1.31. The Hall–Kier alpha value is -1.14. The van der Waals surface area contributed by atoms with E-state index < -0.39 is 5.97 Å². The summed E-state index contributed by atoms with van der Waals surface area (Å²) in [6.45, 7) is 5.36. The lowest BCUT2D eigenvalue weighted by Crippen LogP contribution is -2.19. The molecule has 0 amide bonds. The summed E-state index contributed by atoms with van der Waals surface area (Å²) in [6.07, 6.45) is 0.749. The molecule has 17 heavy (non-hydrogen) atoms. The second kappa shape index (κ2) is 7.24. The molecular weight excluding hydrogens is 240 g/mol. The molecule has 0 aliphatic rings. The maximum Gasteiger partial charge on any atom is 0.303 e. The van der Waals surface area contributed by atoms with Gasteiger partial charge >= 0.3 is 5.97 Å². The molecule has 0 saturated carbocycles. The number of aromatic nitrogens is 1. The first-order valence-electron chi connectivity index (χ1n) is 5.63. The van der Waals surface area contributed by atoms with E-state index in [0.717, 1.165) is 10.8 Å². The predicted octanol–water partition coefficient (Wildman–Crippen LogP) is 2.00. The molecule has 0 aromatic carbocycles. The summed E-state index contributed by atoms with van der Waals surface area (Å²) < 4.78 is 5.39. The highest BCUT2D eigenvalue weighted by atomic mass is 32.1. The number of thiazole rings is 1. The van der Waals surface area contributed by atoms with Crippen molar-refractivity contribution < 1.29 is 14.6 Å². The number of rotatable bonds is 8. The molecule has 5 nitrogen and oxygen atoms in total. The summed E-state index contributed by atoms with van der Waals surface area (Å²) >= 11 is 1.49. The minimum absolute atomic E-state index is 0.124. The molecule has 0 bridgehead atoms. The Morgan fingerprint density at radius 1 is 1.71 bits per heavy atom. The van der Waals surface area contributed by atoms with Gasteiger partial charge in [0.2, 0.25) is 0 Å². The first kappa shape index (κ1) is 13.9. The largest absolute Gasteiger partial charge is 0.481 e. The Morgan fingerprint density at radius 2 is 2.47 bits per heavy atom. The van der Waals surface area contributed by atoms with Gasteiger partial charge in [-0.2, -0.15) is 0 Å². The van der Waals surface area contributed by atoms with Gasteiger partial charge in [-0.05, 0) is 13.8 Å². The van der Waals surface area contributed by atoms with Gasteiger partial charge in [-0.1, -0.05) is 0 Å². The van der Waals surface area contributed by atoms with E-state index >= 15 is 0 Å². The first-order valence-corrected chi connectivity index (χ1v) is 6.51. The van der Waals surface area contributed by atoms with E-state index in [0.29, 0.717) is 19.6 Å². The topological polar surface area (TPSA) is 71.5 Å². The highest BCUT2D eigenvalue weighted by Crippen LogP contribution is 2.16. The van der Waals surface area contributed by atoms with Crippen LogP contribution in [-0.2, 0) is 16.0 Å². The third kappa shape index (κ3) is 5.65. The van der Waals surface area contributed by atoms with Crippen LogP contribution in [0.4, 0.5) is 5.13 Å². The molecule has 6 heteroatoms. The highest BCUT2D eigenvalue weighted by molar-refractivity contribution is 7.13. The monoisotopic (exact) mass is 258 g/mol. The summed E-state index contributed by atoms with van der Waals surface area (Å²) in [5, 5.41) is 14.4. The molecule has 1 atom stereocenters. The van der Waals surface area contributed by atoms with Gasteiger partial charge in [0.05, 0.1) is 18.2 Å². The van der Waals surface area contributed by atoms with Gasteiger partial charge in [-0.3, -0.25) is 4.79 Å². The number of aryl methyl sites for hydroxylation is 1. The number of carbonyl (C=O) groups is 1. The first-order chi connectivity index (χ1) is 8.11. The minimum atomic E-state index is -0.794. The van der Waals surface area contributed by atoms with Crippen LogP contribution in [0.2, 0.25) is 0 Å². The van der Waals surface area contributed by atoms with Crippen molar-refractivity contribution in [2.45, 2.75) is 32.8 Å². The molecular formula is C11H18N2O3S. The summed E-state index contributed by atoms with van der Waals surface area (Å²) in [5.74, 6) is -0.794. The fourth-order valence-corrected chi connectivity index (χ4v) is 2.07. The van der Waals surface area contributed by atoms with Crippen LogP contribution in [0.1, 0.15) is 26.0 Å². The summed E-state index contributed by atoms with van der Waals surface area (Å²) in [6, 6.07) is 0. The van der Waals surface area contributed by atoms with Crippen molar-refractivity contribution in [3.8, 4) is 0 Å². The Morgan fingerprint density at radius 3 is 3.12 bits per heavy atom. The second-order valence-corrected chi connectivity index (χ2v) is 4.54. The molecule has 0 radical (unpaired) electrons. The third-order valence-corrected chi connectivity index (χ3v) is 2.99. The van der Waals surface area contributed by atoms with Crippen LogP contribution in [0.25, 0.3) is 0 Å².